The molecule has 0 N–H and O–H groups in total. The molecule has 0 amide bonds. The topological polar surface area (TPSA) is 34.0 Å². The minimum absolute atomic E-state index is 0.148. The fourth-order valence-electron chi connectivity index (χ4n) is 3.59. The number of benzene rings is 2. The van der Waals surface area contributed by atoms with Crippen LogP contribution in [-0.2, 0) is 6.54 Å². The van der Waals surface area contributed by atoms with Crippen LogP contribution in [0.5, 0.6) is 0 Å². The highest BCUT2D eigenvalue weighted by Crippen LogP contribution is 2.35. The number of rotatable bonds is 6. The number of para-hydroxylation sites is 1. The molecular weight excluding hydrogens is 371 g/mol. The Labute approximate surface area is 169 Å². The fraction of sp³-hybridized carbons (Fsp3) is 0.364. The third-order valence-electron chi connectivity index (χ3n) is 5.15. The minimum atomic E-state index is -0.211. The van der Waals surface area contributed by atoms with E-state index in [1.165, 1.54) is 31.4 Å². The van der Waals surface area contributed by atoms with Crippen molar-refractivity contribution in [3.63, 3.8) is 0 Å². The molecule has 0 bridgehead atoms. The Morgan fingerprint density at radius 2 is 1.68 bits per heavy atom. The van der Waals surface area contributed by atoms with Gasteiger partial charge in [-0.15, -0.1) is 10.2 Å². The van der Waals surface area contributed by atoms with E-state index in [0.29, 0.717) is 0 Å². The average molecular weight is 397 g/mol. The van der Waals surface area contributed by atoms with Crippen molar-refractivity contribution in [3.05, 3.63) is 71.8 Å². The normalized spacial score (nSPS) is 16.2. The van der Waals surface area contributed by atoms with Crippen LogP contribution in [0.1, 0.15) is 42.8 Å². The molecule has 6 heteroatoms. The van der Waals surface area contributed by atoms with Crippen molar-refractivity contribution in [2.24, 2.45) is 0 Å². The summed E-state index contributed by atoms with van der Waals surface area (Å²) in [5.74, 6) is 0.763. The molecule has 1 aliphatic heterocycles. The largest absolute Gasteiger partial charge is 0.296 e. The highest BCUT2D eigenvalue weighted by atomic mass is 32.2. The number of hydrogen-bond acceptors (Lipinski definition) is 4. The molecule has 0 spiro atoms. The number of piperidine rings is 1. The lowest BCUT2D eigenvalue weighted by molar-refractivity contribution is 0.214. The first kappa shape index (κ1) is 19.2. The molecule has 1 unspecified atom stereocenters. The van der Waals surface area contributed by atoms with E-state index in [1.54, 1.807) is 11.8 Å². The van der Waals surface area contributed by atoms with Gasteiger partial charge < -0.3 is 0 Å². The van der Waals surface area contributed by atoms with Gasteiger partial charge in [-0.2, -0.15) is 0 Å². The monoisotopic (exact) mass is 396 g/mol. The summed E-state index contributed by atoms with van der Waals surface area (Å²) < 4.78 is 15.4. The summed E-state index contributed by atoms with van der Waals surface area (Å²) in [6.07, 6.45) is 3.82. The molecule has 1 aromatic heterocycles. The average Bonchev–Trinajstić information content (AvgIpc) is 3.11. The van der Waals surface area contributed by atoms with Crippen molar-refractivity contribution in [2.45, 2.75) is 43.1 Å². The molecule has 4 nitrogen and oxygen atoms in total. The molecule has 1 atom stereocenters. The summed E-state index contributed by atoms with van der Waals surface area (Å²) in [6, 6.07) is 17.0. The lowest BCUT2D eigenvalue weighted by Gasteiger charge is -2.26. The number of hydrogen-bond donors (Lipinski definition) is 0. The van der Waals surface area contributed by atoms with Crippen LogP contribution in [-0.4, -0.2) is 32.8 Å². The Bertz CT molecular complexity index is 889. The first-order valence-electron chi connectivity index (χ1n) is 9.85. The van der Waals surface area contributed by atoms with Crippen LogP contribution in [0.2, 0.25) is 0 Å². The number of thioether (sulfide) groups is 1. The molecule has 0 aliphatic carbocycles. The number of halogens is 1. The second-order valence-corrected chi connectivity index (χ2v) is 8.53. The SMILES string of the molecule is CC(Sc1nnc(CN2CCCCC2)n1-c1ccccc1)c1ccc(F)cc1. The van der Waals surface area contributed by atoms with Crippen molar-refractivity contribution in [3.8, 4) is 5.69 Å². The zero-order chi connectivity index (χ0) is 19.3. The first-order chi connectivity index (χ1) is 13.7. The Morgan fingerprint density at radius 3 is 2.39 bits per heavy atom. The van der Waals surface area contributed by atoms with Gasteiger partial charge in [0, 0.05) is 10.9 Å². The number of nitrogens with zero attached hydrogens (tertiary/aromatic N) is 4. The predicted molar refractivity (Wildman–Crippen MR) is 111 cm³/mol. The van der Waals surface area contributed by atoms with E-state index >= 15 is 0 Å². The smallest absolute Gasteiger partial charge is 0.196 e. The summed E-state index contributed by atoms with van der Waals surface area (Å²) in [5.41, 5.74) is 2.15. The molecule has 146 valence electrons. The molecule has 4 rings (SSSR count). The van der Waals surface area contributed by atoms with E-state index in [1.807, 2.05) is 30.3 Å². The lowest BCUT2D eigenvalue weighted by Crippen LogP contribution is -2.30. The molecular formula is C22H25FN4S. The summed E-state index contributed by atoms with van der Waals surface area (Å²) in [5, 5.41) is 10.1. The first-order valence-corrected chi connectivity index (χ1v) is 10.7. The zero-order valence-corrected chi connectivity index (χ0v) is 16.9. The molecule has 1 aliphatic rings. The van der Waals surface area contributed by atoms with Crippen molar-refractivity contribution in [1.29, 1.82) is 0 Å². The Kier molecular flexibility index (Phi) is 6.07. The second-order valence-electron chi connectivity index (χ2n) is 7.22. The maximum absolute atomic E-state index is 13.3. The molecule has 1 saturated heterocycles. The van der Waals surface area contributed by atoms with Gasteiger partial charge in [-0.25, -0.2) is 4.39 Å². The van der Waals surface area contributed by atoms with Crippen LogP contribution >= 0.6 is 11.8 Å². The van der Waals surface area contributed by atoms with Gasteiger partial charge in [-0.05, 0) is 62.7 Å². The standard InChI is InChI=1S/C22H25FN4S/c1-17(18-10-12-19(23)13-11-18)28-22-25-24-21(16-26-14-6-3-7-15-26)27(22)20-8-4-2-5-9-20/h2,4-5,8-13,17H,3,6-7,14-16H2,1H3. The van der Waals surface area contributed by atoms with Gasteiger partial charge in [0.15, 0.2) is 11.0 Å². The highest BCUT2D eigenvalue weighted by molar-refractivity contribution is 7.99. The van der Waals surface area contributed by atoms with E-state index in [2.05, 4.69) is 38.7 Å². The van der Waals surface area contributed by atoms with E-state index in [0.717, 1.165) is 41.9 Å². The van der Waals surface area contributed by atoms with Crippen LogP contribution in [0, 0.1) is 5.82 Å². The van der Waals surface area contributed by atoms with Gasteiger partial charge in [0.2, 0.25) is 0 Å². The number of likely N-dealkylation sites (tertiary alicyclic amines) is 1. The number of aromatic nitrogens is 3. The molecule has 1 fully saturated rings. The maximum atomic E-state index is 13.3. The zero-order valence-electron chi connectivity index (χ0n) is 16.1. The van der Waals surface area contributed by atoms with Gasteiger partial charge in [0.05, 0.1) is 6.54 Å². The molecule has 0 radical (unpaired) electrons. The van der Waals surface area contributed by atoms with E-state index in [4.69, 9.17) is 0 Å². The maximum Gasteiger partial charge on any atom is 0.196 e. The summed E-state index contributed by atoms with van der Waals surface area (Å²) >= 11 is 1.66. The van der Waals surface area contributed by atoms with Crippen molar-refractivity contribution >= 4 is 11.8 Å². The third-order valence-corrected chi connectivity index (χ3v) is 6.25. The van der Waals surface area contributed by atoms with Gasteiger partial charge in [0.1, 0.15) is 5.82 Å². The third kappa shape index (κ3) is 4.45. The quantitative estimate of drug-likeness (QED) is 0.533. The Hall–Kier alpha value is -2.18. The molecule has 28 heavy (non-hydrogen) atoms. The fourth-order valence-corrected chi connectivity index (χ4v) is 4.61. The van der Waals surface area contributed by atoms with Crippen LogP contribution in [0.25, 0.3) is 5.69 Å². The molecule has 2 heterocycles. The van der Waals surface area contributed by atoms with Crippen molar-refractivity contribution < 1.29 is 4.39 Å². The van der Waals surface area contributed by atoms with Gasteiger partial charge in [-0.1, -0.05) is 48.5 Å². The van der Waals surface area contributed by atoms with Gasteiger partial charge >= 0.3 is 0 Å². The van der Waals surface area contributed by atoms with Crippen LogP contribution in [0.3, 0.4) is 0 Å². The van der Waals surface area contributed by atoms with Crippen molar-refractivity contribution in [2.75, 3.05) is 13.1 Å². The van der Waals surface area contributed by atoms with Gasteiger partial charge in [0.25, 0.3) is 0 Å². The lowest BCUT2D eigenvalue weighted by atomic mass is 10.1. The predicted octanol–water partition coefficient (Wildman–Crippen LogP) is 5.25. The molecule has 0 saturated carbocycles. The van der Waals surface area contributed by atoms with Crippen molar-refractivity contribution in [1.82, 2.24) is 19.7 Å². The minimum Gasteiger partial charge on any atom is -0.296 e. The van der Waals surface area contributed by atoms with Crippen LogP contribution < -0.4 is 0 Å². The van der Waals surface area contributed by atoms with Crippen LogP contribution in [0.4, 0.5) is 4.39 Å². The van der Waals surface area contributed by atoms with E-state index in [9.17, 15) is 4.39 Å². The molecule has 2 aromatic carbocycles. The highest BCUT2D eigenvalue weighted by Gasteiger charge is 2.20. The summed E-state index contributed by atoms with van der Waals surface area (Å²) in [7, 11) is 0. The Balaban J connectivity index is 1.61. The van der Waals surface area contributed by atoms with Gasteiger partial charge in [-0.3, -0.25) is 9.47 Å². The van der Waals surface area contributed by atoms with E-state index < -0.39 is 0 Å². The Morgan fingerprint density at radius 1 is 0.964 bits per heavy atom. The van der Waals surface area contributed by atoms with E-state index in [-0.39, 0.29) is 11.1 Å². The second kappa shape index (κ2) is 8.88. The molecule has 3 aromatic rings. The summed E-state index contributed by atoms with van der Waals surface area (Å²) in [4.78, 5) is 2.46. The summed E-state index contributed by atoms with van der Waals surface area (Å²) in [6.45, 7) is 5.17. The van der Waals surface area contributed by atoms with Crippen LogP contribution in [0.15, 0.2) is 59.8 Å².